The molecule has 0 radical (unpaired) electrons. The van der Waals surface area contributed by atoms with Crippen LogP contribution in [0.15, 0.2) is 66.4 Å². The molecular formula is C28H25ClN8O3. The zero-order valence-electron chi connectivity index (χ0n) is 21.3. The SMILES string of the molecule is O=C1C/C(=C\c2cnn3c(Nc4cccc(C(=O)N5CCNCC5)c4)cc(Nc4cccc(Cl)c4)nc23)C(=O)N1. The van der Waals surface area contributed by atoms with E-state index in [1.54, 1.807) is 41.1 Å². The zero-order valence-corrected chi connectivity index (χ0v) is 22.0. The minimum atomic E-state index is -0.429. The van der Waals surface area contributed by atoms with Crippen LogP contribution in [-0.2, 0) is 9.59 Å². The summed E-state index contributed by atoms with van der Waals surface area (Å²) in [5, 5.41) is 17.2. The molecule has 6 rings (SSSR count). The number of imide groups is 1. The Morgan fingerprint density at radius 2 is 1.77 bits per heavy atom. The first-order valence-electron chi connectivity index (χ1n) is 12.8. The monoisotopic (exact) mass is 556 g/mol. The predicted octanol–water partition coefficient (Wildman–Crippen LogP) is 3.35. The normalized spacial score (nSPS) is 16.4. The number of piperazine rings is 1. The van der Waals surface area contributed by atoms with Crippen LogP contribution in [0, 0.1) is 0 Å². The molecule has 3 amide bonds. The summed E-state index contributed by atoms with van der Waals surface area (Å²) in [6.07, 6.45) is 3.20. The maximum Gasteiger partial charge on any atom is 0.254 e. The van der Waals surface area contributed by atoms with Crippen LogP contribution in [0.4, 0.5) is 23.0 Å². The van der Waals surface area contributed by atoms with E-state index in [-0.39, 0.29) is 18.2 Å². The molecule has 11 nitrogen and oxygen atoms in total. The van der Waals surface area contributed by atoms with Crippen LogP contribution < -0.4 is 21.3 Å². The zero-order chi connectivity index (χ0) is 27.6. The topological polar surface area (TPSA) is 133 Å². The van der Waals surface area contributed by atoms with Gasteiger partial charge in [-0.1, -0.05) is 23.7 Å². The van der Waals surface area contributed by atoms with Crippen molar-refractivity contribution in [2.45, 2.75) is 6.42 Å². The fraction of sp³-hybridized carbons (Fsp3) is 0.179. The number of nitrogens with one attached hydrogen (secondary N) is 4. The maximum atomic E-state index is 13.1. The second-order valence-corrected chi connectivity index (χ2v) is 9.91. The van der Waals surface area contributed by atoms with Gasteiger partial charge in [0.25, 0.3) is 11.8 Å². The molecule has 2 aromatic carbocycles. The number of rotatable bonds is 6. The Kier molecular flexibility index (Phi) is 6.89. The van der Waals surface area contributed by atoms with Gasteiger partial charge in [-0.2, -0.15) is 9.61 Å². The Labute approximate surface area is 234 Å². The molecule has 202 valence electrons. The second kappa shape index (κ2) is 10.8. The molecule has 40 heavy (non-hydrogen) atoms. The predicted molar refractivity (Wildman–Crippen MR) is 152 cm³/mol. The number of aromatic nitrogens is 3. The van der Waals surface area contributed by atoms with Crippen LogP contribution in [0.25, 0.3) is 11.7 Å². The minimum absolute atomic E-state index is 0.00433. The molecule has 2 aromatic heterocycles. The first-order valence-corrected chi connectivity index (χ1v) is 13.1. The molecule has 12 heteroatoms. The number of carbonyl (C=O) groups excluding carboxylic acids is 3. The van der Waals surface area contributed by atoms with Crippen LogP contribution >= 0.6 is 11.6 Å². The summed E-state index contributed by atoms with van der Waals surface area (Å²) < 4.78 is 1.61. The number of amides is 3. The molecule has 0 unspecified atom stereocenters. The van der Waals surface area contributed by atoms with E-state index in [0.717, 1.165) is 18.8 Å². The van der Waals surface area contributed by atoms with Crippen LogP contribution in [0.5, 0.6) is 0 Å². The first-order chi connectivity index (χ1) is 19.4. The molecular weight excluding hydrogens is 532 g/mol. The van der Waals surface area contributed by atoms with E-state index in [2.05, 4.69) is 26.4 Å². The van der Waals surface area contributed by atoms with Crippen molar-refractivity contribution in [1.82, 2.24) is 30.1 Å². The highest BCUT2D eigenvalue weighted by Crippen LogP contribution is 2.27. The van der Waals surface area contributed by atoms with E-state index >= 15 is 0 Å². The molecule has 2 aliphatic rings. The van der Waals surface area contributed by atoms with Crippen LogP contribution in [-0.4, -0.2) is 63.4 Å². The van der Waals surface area contributed by atoms with Gasteiger partial charge in [0.05, 0.1) is 12.6 Å². The summed E-state index contributed by atoms with van der Waals surface area (Å²) in [5.74, 6) is 0.268. The lowest BCUT2D eigenvalue weighted by Crippen LogP contribution is -2.46. The minimum Gasteiger partial charge on any atom is -0.340 e. The van der Waals surface area contributed by atoms with E-state index < -0.39 is 5.91 Å². The van der Waals surface area contributed by atoms with E-state index in [9.17, 15) is 14.4 Å². The number of nitrogens with zero attached hydrogens (tertiary/aromatic N) is 4. The van der Waals surface area contributed by atoms with Crippen molar-refractivity contribution in [3.8, 4) is 0 Å². The van der Waals surface area contributed by atoms with Gasteiger partial charge in [-0.15, -0.1) is 0 Å². The highest BCUT2D eigenvalue weighted by Gasteiger charge is 2.25. The Balaban J connectivity index is 1.37. The molecule has 0 bridgehead atoms. The number of carbonyl (C=O) groups is 3. The van der Waals surface area contributed by atoms with Gasteiger partial charge in [-0.3, -0.25) is 19.7 Å². The fourth-order valence-electron chi connectivity index (χ4n) is 4.69. The summed E-state index contributed by atoms with van der Waals surface area (Å²) in [4.78, 5) is 43.5. The van der Waals surface area contributed by atoms with Gasteiger partial charge < -0.3 is 20.9 Å². The van der Waals surface area contributed by atoms with Crippen molar-refractivity contribution < 1.29 is 14.4 Å². The number of hydrogen-bond acceptors (Lipinski definition) is 8. The van der Waals surface area contributed by atoms with Crippen molar-refractivity contribution >= 4 is 64.1 Å². The lowest BCUT2D eigenvalue weighted by atomic mass is 10.1. The molecule has 2 aliphatic heterocycles. The van der Waals surface area contributed by atoms with Crippen molar-refractivity contribution in [2.75, 3.05) is 36.8 Å². The number of hydrogen-bond donors (Lipinski definition) is 4. The van der Waals surface area contributed by atoms with Gasteiger partial charge in [0.1, 0.15) is 11.6 Å². The molecule has 2 saturated heterocycles. The third kappa shape index (κ3) is 5.37. The van der Waals surface area contributed by atoms with Gasteiger partial charge >= 0.3 is 0 Å². The molecule has 0 saturated carbocycles. The van der Waals surface area contributed by atoms with Gasteiger partial charge in [-0.05, 0) is 42.5 Å². The molecule has 4 heterocycles. The molecule has 0 aliphatic carbocycles. The van der Waals surface area contributed by atoms with Gasteiger partial charge in [0.2, 0.25) is 5.91 Å². The van der Waals surface area contributed by atoms with Crippen LogP contribution in [0.3, 0.4) is 0 Å². The van der Waals surface area contributed by atoms with E-state index in [0.29, 0.717) is 57.8 Å². The Morgan fingerprint density at radius 3 is 2.52 bits per heavy atom. The maximum absolute atomic E-state index is 13.1. The lowest BCUT2D eigenvalue weighted by Gasteiger charge is -2.27. The standard InChI is InChI=1S/C28H25ClN8O3/c29-20-4-2-6-22(14-20)32-23-15-24(33-21-5-1-3-17(12-21)28(40)36-9-7-30-8-10-36)37-26(34-23)19(16-31-37)11-18-13-25(38)35-27(18)39/h1-6,11-12,14-16,30,33H,7-10,13H2,(H,32,34)(H,35,38,39)/b18-11+. The highest BCUT2D eigenvalue weighted by molar-refractivity contribution is 6.30. The summed E-state index contributed by atoms with van der Waals surface area (Å²) in [6, 6.07) is 16.3. The lowest BCUT2D eigenvalue weighted by molar-refractivity contribution is -0.124. The highest BCUT2D eigenvalue weighted by atomic mass is 35.5. The quantitative estimate of drug-likeness (QED) is 0.210. The van der Waals surface area contributed by atoms with Gasteiger partial charge in [0, 0.05) is 65.3 Å². The van der Waals surface area contributed by atoms with Gasteiger partial charge in [0.15, 0.2) is 5.65 Å². The van der Waals surface area contributed by atoms with Crippen LogP contribution in [0.1, 0.15) is 22.3 Å². The Bertz CT molecular complexity index is 1680. The summed E-state index contributed by atoms with van der Waals surface area (Å²) in [5.41, 5.74) is 3.38. The van der Waals surface area contributed by atoms with Gasteiger partial charge in [-0.25, -0.2) is 4.98 Å². The number of anilines is 4. The van der Waals surface area contributed by atoms with E-state index in [1.165, 1.54) is 0 Å². The summed E-state index contributed by atoms with van der Waals surface area (Å²) in [6.45, 7) is 2.87. The second-order valence-electron chi connectivity index (χ2n) is 9.47. The summed E-state index contributed by atoms with van der Waals surface area (Å²) in [7, 11) is 0. The summed E-state index contributed by atoms with van der Waals surface area (Å²) >= 11 is 6.18. The average Bonchev–Trinajstić information content (AvgIpc) is 3.50. The average molecular weight is 557 g/mol. The molecule has 0 atom stereocenters. The Hall–Kier alpha value is -4.74. The molecule has 2 fully saturated rings. The van der Waals surface area contributed by atoms with Crippen LogP contribution in [0.2, 0.25) is 5.02 Å². The fourth-order valence-corrected chi connectivity index (χ4v) is 4.88. The van der Waals surface area contributed by atoms with E-state index in [4.69, 9.17) is 16.6 Å². The third-order valence-corrected chi connectivity index (χ3v) is 6.84. The number of benzene rings is 2. The number of fused-ring (bicyclic) bond motifs is 1. The van der Waals surface area contributed by atoms with Crippen molar-refractivity contribution in [3.63, 3.8) is 0 Å². The van der Waals surface area contributed by atoms with Crippen molar-refractivity contribution in [1.29, 1.82) is 0 Å². The largest absolute Gasteiger partial charge is 0.340 e. The number of halogens is 1. The van der Waals surface area contributed by atoms with Crippen molar-refractivity contribution in [2.24, 2.45) is 0 Å². The Morgan fingerprint density at radius 1 is 1.00 bits per heavy atom. The third-order valence-electron chi connectivity index (χ3n) is 6.61. The van der Waals surface area contributed by atoms with E-state index in [1.807, 2.05) is 35.2 Å². The molecule has 0 spiro atoms. The smallest absolute Gasteiger partial charge is 0.254 e. The molecule has 4 aromatic rings. The van der Waals surface area contributed by atoms with Crippen molar-refractivity contribution in [3.05, 3.63) is 82.5 Å². The first kappa shape index (κ1) is 25.5. The molecule has 4 N–H and O–H groups in total.